The van der Waals surface area contributed by atoms with Crippen LogP contribution in [0.15, 0.2) is 78.3 Å². The van der Waals surface area contributed by atoms with Gasteiger partial charge < -0.3 is 29.6 Å². The standard InChI is InChI=1S/C30H31N5O5/c1-18-6-8-20(9-7-18)16-40-25-12-10-21(14-26(25)39-5)28-27(19(2)33-30-31-17-32-35(28)30)29(36)34-23-15-22(37-3)11-13-24(23)38-4/h6-15,17,28H,16H2,1-5H3,(H,34,36)(H,31,32,33). The largest absolute Gasteiger partial charge is 0.497 e. The molecule has 10 heteroatoms. The van der Waals surface area contributed by atoms with Crippen LogP contribution in [0.25, 0.3) is 0 Å². The Hall–Kier alpha value is -4.99. The number of anilines is 2. The summed E-state index contributed by atoms with van der Waals surface area (Å²) in [6.07, 6.45) is 1.45. The Balaban J connectivity index is 1.48. The first-order chi connectivity index (χ1) is 19.4. The molecule has 0 aliphatic carbocycles. The van der Waals surface area contributed by atoms with Crippen molar-refractivity contribution in [1.29, 1.82) is 0 Å². The number of carbonyl (C=O) groups excluding carboxylic acids is 1. The quantitative estimate of drug-likeness (QED) is 0.301. The second kappa shape index (κ2) is 11.4. The third kappa shape index (κ3) is 5.28. The van der Waals surface area contributed by atoms with Crippen LogP contribution in [0.2, 0.25) is 0 Å². The molecule has 0 saturated carbocycles. The molecule has 1 aromatic heterocycles. The van der Waals surface area contributed by atoms with Crippen LogP contribution >= 0.6 is 0 Å². The van der Waals surface area contributed by atoms with E-state index in [4.69, 9.17) is 18.9 Å². The third-order valence-corrected chi connectivity index (χ3v) is 6.71. The van der Waals surface area contributed by atoms with Crippen LogP contribution in [0.3, 0.4) is 0 Å². The van der Waals surface area contributed by atoms with Gasteiger partial charge in [-0.15, -0.1) is 0 Å². The molecule has 0 fully saturated rings. The Bertz CT molecular complexity index is 1560. The van der Waals surface area contributed by atoms with E-state index >= 15 is 0 Å². The van der Waals surface area contributed by atoms with E-state index in [9.17, 15) is 4.79 Å². The van der Waals surface area contributed by atoms with E-state index < -0.39 is 6.04 Å². The van der Waals surface area contributed by atoms with Crippen LogP contribution in [0, 0.1) is 6.92 Å². The van der Waals surface area contributed by atoms with Gasteiger partial charge in [-0.05, 0) is 49.2 Å². The molecule has 0 bridgehead atoms. The van der Waals surface area contributed by atoms with Crippen molar-refractivity contribution in [3.63, 3.8) is 0 Å². The van der Waals surface area contributed by atoms with Gasteiger partial charge >= 0.3 is 0 Å². The van der Waals surface area contributed by atoms with Gasteiger partial charge in [-0.1, -0.05) is 35.9 Å². The minimum absolute atomic E-state index is 0.332. The Morgan fingerprint density at radius 2 is 1.68 bits per heavy atom. The Morgan fingerprint density at radius 1 is 0.925 bits per heavy atom. The molecule has 4 aromatic rings. The summed E-state index contributed by atoms with van der Waals surface area (Å²) in [6, 6.07) is 18.4. The normalized spacial score (nSPS) is 14.2. The number of ether oxygens (including phenoxy) is 4. The minimum Gasteiger partial charge on any atom is -0.497 e. The summed E-state index contributed by atoms with van der Waals surface area (Å²) in [5, 5.41) is 10.6. The third-order valence-electron chi connectivity index (χ3n) is 6.71. The molecule has 2 N–H and O–H groups in total. The van der Waals surface area contributed by atoms with E-state index in [0.717, 1.165) is 11.1 Å². The molecule has 3 aromatic carbocycles. The highest BCUT2D eigenvalue weighted by atomic mass is 16.5. The molecule has 2 heterocycles. The minimum atomic E-state index is -0.588. The number of nitrogens with zero attached hydrogens (tertiary/aromatic N) is 3. The van der Waals surface area contributed by atoms with Gasteiger partial charge in [-0.3, -0.25) is 4.79 Å². The molecule has 1 aliphatic rings. The number of benzene rings is 3. The predicted octanol–water partition coefficient (Wildman–Crippen LogP) is 5.12. The summed E-state index contributed by atoms with van der Waals surface area (Å²) in [6.45, 7) is 4.27. The van der Waals surface area contributed by atoms with Gasteiger partial charge in [0.1, 0.15) is 30.5 Å². The van der Waals surface area contributed by atoms with E-state index in [1.54, 1.807) is 44.2 Å². The predicted molar refractivity (Wildman–Crippen MR) is 151 cm³/mol. The van der Waals surface area contributed by atoms with Crippen molar-refractivity contribution >= 4 is 17.5 Å². The second-order valence-corrected chi connectivity index (χ2v) is 9.30. The van der Waals surface area contributed by atoms with E-state index in [0.29, 0.717) is 52.5 Å². The lowest BCUT2D eigenvalue weighted by molar-refractivity contribution is -0.113. The molecule has 0 spiro atoms. The van der Waals surface area contributed by atoms with Crippen molar-refractivity contribution in [3.8, 4) is 23.0 Å². The summed E-state index contributed by atoms with van der Waals surface area (Å²) in [7, 11) is 4.70. The molecule has 1 atom stereocenters. The number of nitrogens with one attached hydrogen (secondary N) is 2. The van der Waals surface area contributed by atoms with Crippen molar-refractivity contribution in [2.75, 3.05) is 32.0 Å². The van der Waals surface area contributed by atoms with Gasteiger partial charge in [-0.25, -0.2) is 4.68 Å². The number of hydrogen-bond acceptors (Lipinski definition) is 8. The molecule has 5 rings (SSSR count). The highest BCUT2D eigenvalue weighted by Gasteiger charge is 2.34. The molecule has 0 radical (unpaired) electrons. The smallest absolute Gasteiger partial charge is 0.255 e. The van der Waals surface area contributed by atoms with Crippen LogP contribution in [0.1, 0.15) is 29.7 Å². The number of rotatable bonds is 9. The highest BCUT2D eigenvalue weighted by Crippen LogP contribution is 2.39. The zero-order valence-corrected chi connectivity index (χ0v) is 23.0. The lowest BCUT2D eigenvalue weighted by Crippen LogP contribution is -2.31. The van der Waals surface area contributed by atoms with Gasteiger partial charge in [0.25, 0.3) is 5.91 Å². The van der Waals surface area contributed by atoms with Crippen LogP contribution in [-0.2, 0) is 11.4 Å². The van der Waals surface area contributed by atoms with Crippen molar-refractivity contribution < 1.29 is 23.7 Å². The fraction of sp³-hybridized carbons (Fsp3) is 0.233. The second-order valence-electron chi connectivity index (χ2n) is 9.30. The van der Waals surface area contributed by atoms with Gasteiger partial charge in [0.05, 0.1) is 32.6 Å². The zero-order valence-electron chi connectivity index (χ0n) is 23.0. The number of aromatic nitrogens is 3. The zero-order chi connectivity index (χ0) is 28.2. The van der Waals surface area contributed by atoms with Gasteiger partial charge in [0.15, 0.2) is 11.5 Å². The molecule has 0 saturated heterocycles. The fourth-order valence-corrected chi connectivity index (χ4v) is 4.61. The molecule has 1 aliphatic heterocycles. The number of fused-ring (bicyclic) bond motifs is 1. The summed E-state index contributed by atoms with van der Waals surface area (Å²) in [5.41, 5.74) is 4.59. The number of hydrogen-bond donors (Lipinski definition) is 2. The van der Waals surface area contributed by atoms with Crippen LogP contribution < -0.4 is 29.6 Å². The molecular weight excluding hydrogens is 510 g/mol. The molecule has 1 amide bonds. The number of allylic oxidation sites excluding steroid dienone is 1. The van der Waals surface area contributed by atoms with Gasteiger partial charge in [0.2, 0.25) is 5.95 Å². The fourth-order valence-electron chi connectivity index (χ4n) is 4.61. The van der Waals surface area contributed by atoms with E-state index in [-0.39, 0.29) is 5.91 Å². The van der Waals surface area contributed by atoms with E-state index in [1.165, 1.54) is 11.9 Å². The average Bonchev–Trinajstić information content (AvgIpc) is 3.44. The molecule has 206 valence electrons. The molecule has 10 nitrogen and oxygen atoms in total. The number of carbonyl (C=O) groups is 1. The van der Waals surface area contributed by atoms with Gasteiger partial charge in [0, 0.05) is 11.8 Å². The average molecular weight is 542 g/mol. The number of aryl methyl sites for hydroxylation is 1. The highest BCUT2D eigenvalue weighted by molar-refractivity contribution is 6.06. The number of methoxy groups -OCH3 is 3. The maximum atomic E-state index is 13.8. The van der Waals surface area contributed by atoms with Crippen LogP contribution in [-0.4, -0.2) is 42.0 Å². The lowest BCUT2D eigenvalue weighted by Gasteiger charge is -2.29. The Morgan fingerprint density at radius 3 is 2.40 bits per heavy atom. The lowest BCUT2D eigenvalue weighted by atomic mass is 9.94. The SMILES string of the molecule is COc1ccc(OC)c(NC(=O)C2=C(C)Nc3ncnn3C2c2ccc(OCc3ccc(C)cc3)c(OC)c2)c1. The molecule has 1 unspecified atom stereocenters. The summed E-state index contributed by atoms with van der Waals surface area (Å²) < 4.78 is 24.3. The van der Waals surface area contributed by atoms with Crippen LogP contribution in [0.5, 0.6) is 23.0 Å². The van der Waals surface area contributed by atoms with E-state index in [1.807, 2.05) is 56.3 Å². The summed E-state index contributed by atoms with van der Waals surface area (Å²) in [4.78, 5) is 18.2. The van der Waals surface area contributed by atoms with Gasteiger partial charge in [-0.2, -0.15) is 10.1 Å². The topological polar surface area (TPSA) is 109 Å². The number of amides is 1. The first kappa shape index (κ1) is 26.6. The molecular formula is C30H31N5O5. The summed E-state index contributed by atoms with van der Waals surface area (Å²) >= 11 is 0. The Labute approximate surface area is 232 Å². The molecule has 40 heavy (non-hydrogen) atoms. The van der Waals surface area contributed by atoms with E-state index in [2.05, 4.69) is 20.7 Å². The maximum absolute atomic E-state index is 13.8. The van der Waals surface area contributed by atoms with Crippen molar-refractivity contribution in [2.45, 2.75) is 26.5 Å². The first-order valence-electron chi connectivity index (χ1n) is 12.7. The Kier molecular flexibility index (Phi) is 7.59. The van der Waals surface area contributed by atoms with Crippen LogP contribution in [0.4, 0.5) is 11.6 Å². The first-order valence-corrected chi connectivity index (χ1v) is 12.7. The summed E-state index contributed by atoms with van der Waals surface area (Å²) in [5.74, 6) is 2.41. The maximum Gasteiger partial charge on any atom is 0.255 e. The van der Waals surface area contributed by atoms with Crippen molar-refractivity contribution in [3.05, 3.63) is 95.0 Å². The monoisotopic (exact) mass is 541 g/mol. The van der Waals surface area contributed by atoms with Crippen molar-refractivity contribution in [2.24, 2.45) is 0 Å². The van der Waals surface area contributed by atoms with Crippen molar-refractivity contribution in [1.82, 2.24) is 14.8 Å².